The third-order valence-electron chi connectivity index (χ3n) is 24.4. The lowest BCUT2D eigenvalue weighted by molar-refractivity contribution is -0.149. The zero-order valence-electron chi connectivity index (χ0n) is 76.6. The van der Waals surface area contributed by atoms with Crippen molar-refractivity contribution in [2.24, 2.45) is 22.9 Å². The number of para-hydroxylation sites is 2. The molecule has 3 saturated heterocycles. The highest BCUT2D eigenvalue weighted by Crippen LogP contribution is 2.28. The number of thioether (sulfide) groups is 1. The number of nitrogens with one attached hydrogen (secondary N) is 13. The molecule has 3 aliphatic rings. The molecule has 45 heteroatoms. The molecule has 10 rings (SSSR count). The summed E-state index contributed by atoms with van der Waals surface area (Å²) in [5, 5.41) is 59.5. The van der Waals surface area contributed by atoms with Crippen LogP contribution < -0.4 is 76.1 Å². The van der Waals surface area contributed by atoms with Crippen molar-refractivity contribution in [1.82, 2.24) is 97.6 Å². The number of nitrogens with zero attached hydrogens (tertiary/aromatic N) is 6. The van der Waals surface area contributed by atoms with Gasteiger partial charge in [0, 0.05) is 144 Å². The second kappa shape index (κ2) is 49.8. The number of aromatic amines is 3. The Morgan fingerprint density at radius 3 is 1.68 bits per heavy atom. The number of carbonyl (C=O) groups is 18. The van der Waals surface area contributed by atoms with Gasteiger partial charge in [0.25, 0.3) is 0 Å². The second-order valence-electron chi connectivity index (χ2n) is 34.4. The molecular weight excluding hydrogens is 1800 g/mol. The molecule has 0 unspecified atom stereocenters. The molecule has 24 N–H and O–H groups in total. The Balaban J connectivity index is 1.02. The fourth-order valence-corrected chi connectivity index (χ4v) is 17.7. The molecule has 0 aliphatic carbocycles. The highest BCUT2D eigenvalue weighted by Gasteiger charge is 2.47. The van der Waals surface area contributed by atoms with Gasteiger partial charge in [-0.3, -0.25) is 86.3 Å². The minimum Gasteiger partial charge on any atom is -0.508 e. The number of carbonyl (C=O) groups excluding carboxylic acids is 17. The molecule has 0 radical (unpaired) electrons. The fourth-order valence-electron chi connectivity index (χ4n) is 16.8. The molecule has 7 aromatic rings. The van der Waals surface area contributed by atoms with Crippen LogP contribution in [-0.2, 0) is 118 Å². The Morgan fingerprint density at radius 2 is 1.07 bits per heavy atom. The number of aliphatic carboxylic acids is 1. The predicted molar refractivity (Wildman–Crippen MR) is 499 cm³/mol. The van der Waals surface area contributed by atoms with Crippen molar-refractivity contribution in [2.45, 2.75) is 207 Å². The number of hydrogen-bond acceptors (Lipinski definition) is 24. The molecule has 4 aromatic carbocycles. The maximum Gasteiger partial charge on any atom is 0.303 e. The summed E-state index contributed by atoms with van der Waals surface area (Å²) in [6.45, 7) is 0.870. The normalized spacial score (nSPS) is 24.5. The minimum absolute atomic E-state index is 0.0175. The Labute approximate surface area is 792 Å². The summed E-state index contributed by atoms with van der Waals surface area (Å²) in [5.74, 6) is -18.6. The summed E-state index contributed by atoms with van der Waals surface area (Å²) < 4.78 is 0. The van der Waals surface area contributed by atoms with Crippen molar-refractivity contribution in [3.63, 3.8) is 0 Å². The number of fused-ring (bicyclic) bond motifs is 4. The van der Waals surface area contributed by atoms with E-state index in [0.717, 1.165) is 36.3 Å². The van der Waals surface area contributed by atoms with E-state index in [9.17, 15) is 63.3 Å². The van der Waals surface area contributed by atoms with Crippen LogP contribution in [-0.4, -0.2) is 322 Å². The van der Waals surface area contributed by atoms with Crippen LogP contribution in [0.25, 0.3) is 21.8 Å². The number of aliphatic hydroxyl groups excluding tert-OH is 1. The standard InChI is InChI=1S/C92H121N23O21S/c1-6-7-22-72-92(136)113(5)73(34-51-16-9-8-10-17-51)86(130)110-70(41-94)84(128)102-56(38-77(120)100-45-76(96)119)47-137-48-78(121)103-67(33-52-24-26-57(116)27-25-52)88(132)111(3)50(2)80(124)108-69(40-75(95)118)91(135)114-32-15-23-71(114)85(129)107-66(37-55-44-97-49-101-55)83(127)105-64(28-29-79(122)123)90(134)115-46-58(117)39-74(115)87(131)106-65(35-53-42-98-61-20-13-11-18-59(53)61)82(126)104-63(30-31-93)81(125)109-68(89(133)112(72)4)36-54-43-99-62-21-14-12-19-60(54)62/h8-14,16-21,24-27,42-44,49-50,56,58,63-74,98-99,116-117H,6-7,15,22-23,28-41,45-48,93-94H2,1-5H3,(H2,95,118)(H2,96,119)(H,97,101)(H,100,120)(H,102,128)(H,103,121)(H,104,126)(H,105,127)(H,106,131)(H,107,129)(H,108,124)(H,109,125)(H,110,130)(H,122,123)/t50-,56+,58+,63-,64-,65-,66-,67-,68-,69-,70-,71-,72-,73-,74-/m0/s1. The number of benzene rings is 4. The van der Waals surface area contributed by atoms with Gasteiger partial charge in [-0.25, -0.2) is 4.98 Å². The van der Waals surface area contributed by atoms with Crippen LogP contribution in [0.3, 0.4) is 0 Å². The summed E-state index contributed by atoms with van der Waals surface area (Å²) in [4.78, 5) is 281. The fraction of sp³-hybridized carbons (Fsp3) is 0.467. The van der Waals surface area contributed by atoms with E-state index in [1.807, 2.05) is 6.92 Å². The molecular formula is C92H121N23O21S. The molecule has 6 heterocycles. The molecule has 137 heavy (non-hydrogen) atoms. The number of H-pyrrole nitrogens is 3. The monoisotopic (exact) mass is 1920 g/mol. The summed E-state index contributed by atoms with van der Waals surface area (Å²) in [6.07, 6.45) is 0.166. The van der Waals surface area contributed by atoms with Crippen molar-refractivity contribution in [3.8, 4) is 5.75 Å². The smallest absolute Gasteiger partial charge is 0.303 e. The van der Waals surface area contributed by atoms with E-state index in [2.05, 4.69) is 73.1 Å². The predicted octanol–water partition coefficient (Wildman–Crippen LogP) is -3.62. The number of carboxylic acid groups (broad SMARTS) is 1. The lowest BCUT2D eigenvalue weighted by atomic mass is 9.99. The first-order chi connectivity index (χ1) is 65.4. The number of phenolic OH excluding ortho intramolecular Hbond substituents is 1. The number of aromatic nitrogens is 4. The van der Waals surface area contributed by atoms with Gasteiger partial charge in [-0.05, 0) is 92.1 Å². The Morgan fingerprint density at radius 1 is 0.518 bits per heavy atom. The number of rotatable bonds is 25. The summed E-state index contributed by atoms with van der Waals surface area (Å²) in [6, 6.07) is 6.01. The van der Waals surface area contributed by atoms with E-state index in [4.69, 9.17) is 22.9 Å². The number of hydrogen-bond donors (Lipinski definition) is 20. The number of carboxylic acids is 1. The largest absolute Gasteiger partial charge is 0.508 e. The topological polar surface area (TPSA) is 669 Å². The van der Waals surface area contributed by atoms with Crippen LogP contribution in [0.5, 0.6) is 5.75 Å². The van der Waals surface area contributed by atoms with E-state index in [1.165, 1.54) is 64.9 Å². The molecule has 736 valence electrons. The number of aromatic hydroxyl groups is 1. The van der Waals surface area contributed by atoms with E-state index < -0.39 is 261 Å². The molecule has 44 nitrogen and oxygen atoms in total. The third-order valence-corrected chi connectivity index (χ3v) is 25.5. The van der Waals surface area contributed by atoms with Crippen molar-refractivity contribution in [1.29, 1.82) is 0 Å². The molecule has 3 aromatic heterocycles. The highest BCUT2D eigenvalue weighted by atomic mass is 32.2. The Bertz CT molecular complexity index is 5490. The van der Waals surface area contributed by atoms with Crippen LogP contribution in [0, 0.1) is 0 Å². The molecule has 3 fully saturated rings. The minimum atomic E-state index is -1.84. The molecule has 17 amide bonds. The van der Waals surface area contributed by atoms with Gasteiger partial charge in [0.15, 0.2) is 0 Å². The lowest BCUT2D eigenvalue weighted by Gasteiger charge is -2.36. The zero-order valence-corrected chi connectivity index (χ0v) is 77.5. The van der Waals surface area contributed by atoms with E-state index in [0.29, 0.717) is 56.9 Å². The SMILES string of the molecule is CCCC[C@H]1C(=O)N(C)[C@@H](Cc2ccccc2)C(=O)N[C@@H](CN)C(=O)N[C@H](CC(=O)NCC(N)=O)CSCC(=O)N[C@@H](Cc2ccc(O)cc2)C(=O)N(C)[C@@H](C)C(=O)N[C@@H](CC(N)=O)C(=O)N2CCC[C@H]2C(=O)N[C@@H](Cc2c[nH]cn2)C(=O)N[C@@H](CCC(=O)O)C(=O)N2C[C@H](O)C[C@H]2C(=O)N[C@@H](Cc2c[nH]c3ccccc23)C(=O)N[C@@H](CCN)C(=O)N[C@@H](Cc2c[nH]c3ccccc23)C(=O)N1C. The van der Waals surface area contributed by atoms with Crippen LogP contribution in [0.2, 0.25) is 0 Å². The molecule has 3 aliphatic heterocycles. The first-order valence-corrected chi connectivity index (χ1v) is 46.3. The summed E-state index contributed by atoms with van der Waals surface area (Å²) in [7, 11) is 3.89. The van der Waals surface area contributed by atoms with Gasteiger partial charge in [0.2, 0.25) is 100 Å². The lowest BCUT2D eigenvalue weighted by Crippen LogP contribution is -2.62. The van der Waals surface area contributed by atoms with Gasteiger partial charge in [-0.2, -0.15) is 0 Å². The average Bonchev–Trinajstić information content (AvgIpc) is 0.924. The van der Waals surface area contributed by atoms with Gasteiger partial charge < -0.3 is 131 Å². The second-order valence-corrected chi connectivity index (χ2v) is 35.4. The Kier molecular flexibility index (Phi) is 38.0. The number of amides is 17. The molecule has 0 bridgehead atoms. The molecule has 0 saturated carbocycles. The van der Waals surface area contributed by atoms with Crippen LogP contribution in [0.15, 0.2) is 128 Å². The zero-order chi connectivity index (χ0) is 99.4. The molecule has 0 spiro atoms. The first kappa shape index (κ1) is 105. The van der Waals surface area contributed by atoms with Gasteiger partial charge in [0.1, 0.15) is 84.3 Å². The number of unbranched alkanes of at least 4 members (excludes halogenated alkanes) is 1. The quantitative estimate of drug-likeness (QED) is 0.0263. The van der Waals surface area contributed by atoms with E-state index in [1.54, 1.807) is 91.3 Å². The van der Waals surface area contributed by atoms with Gasteiger partial charge >= 0.3 is 5.97 Å². The summed E-state index contributed by atoms with van der Waals surface area (Å²) >= 11 is 0.851. The number of phenols is 1. The van der Waals surface area contributed by atoms with E-state index >= 15 is 38.4 Å². The number of nitrogens with two attached hydrogens (primary N) is 4. The van der Waals surface area contributed by atoms with Crippen LogP contribution in [0.1, 0.15) is 112 Å². The number of likely N-dealkylation sites (N-methyl/N-ethyl adjacent to an activating group) is 3. The Hall–Kier alpha value is -14.3. The van der Waals surface area contributed by atoms with Crippen LogP contribution >= 0.6 is 11.8 Å². The number of imidazole rings is 1. The summed E-state index contributed by atoms with van der Waals surface area (Å²) in [5.41, 5.74) is 27.0. The number of aliphatic hydroxyl groups is 1. The van der Waals surface area contributed by atoms with Crippen molar-refractivity contribution < 1.29 is 102 Å². The first-order valence-electron chi connectivity index (χ1n) is 45.2. The number of primary amides is 2. The maximum atomic E-state index is 15.9. The van der Waals surface area contributed by atoms with Crippen LogP contribution in [0.4, 0.5) is 0 Å². The van der Waals surface area contributed by atoms with Crippen molar-refractivity contribution in [3.05, 3.63) is 156 Å². The van der Waals surface area contributed by atoms with Gasteiger partial charge in [-0.15, -0.1) is 11.8 Å². The van der Waals surface area contributed by atoms with E-state index in [-0.39, 0.29) is 81.7 Å². The van der Waals surface area contributed by atoms with Gasteiger partial charge in [-0.1, -0.05) is 98.6 Å². The third kappa shape index (κ3) is 28.9. The maximum absolute atomic E-state index is 15.9. The van der Waals surface area contributed by atoms with Crippen molar-refractivity contribution >= 4 is 140 Å². The average molecular weight is 1920 g/mol. The molecule has 15 atom stereocenters. The van der Waals surface area contributed by atoms with Gasteiger partial charge in [0.05, 0.1) is 36.8 Å². The highest BCUT2D eigenvalue weighted by molar-refractivity contribution is 8.00. The van der Waals surface area contributed by atoms with Crippen molar-refractivity contribution in [2.75, 3.05) is 65.4 Å².